The van der Waals surface area contributed by atoms with Crippen molar-refractivity contribution in [2.24, 2.45) is 5.10 Å². The average molecular weight is 394 g/mol. The van der Waals surface area contributed by atoms with Gasteiger partial charge in [0.1, 0.15) is 0 Å². The van der Waals surface area contributed by atoms with Crippen LogP contribution in [0.25, 0.3) is 22.5 Å². The van der Waals surface area contributed by atoms with Crippen molar-refractivity contribution in [3.8, 4) is 11.6 Å². The van der Waals surface area contributed by atoms with Crippen LogP contribution in [0.2, 0.25) is 0 Å². The first kappa shape index (κ1) is 15.5. The normalized spacial score (nSPS) is 11.4. The van der Waals surface area contributed by atoms with Crippen molar-refractivity contribution in [3.05, 3.63) is 87.3 Å². The summed E-state index contributed by atoms with van der Waals surface area (Å²) in [5, 5.41) is 4.86. The molecular weight excluding hydrogens is 382 g/mol. The topological polar surface area (TPSA) is 60.4 Å². The highest BCUT2D eigenvalue weighted by molar-refractivity contribution is 9.10. The summed E-state index contributed by atoms with van der Waals surface area (Å²) in [5.41, 5.74) is 1.22. The molecule has 0 aliphatic rings. The molecule has 6 heteroatoms. The molecular formula is C19H12BrN3O2. The van der Waals surface area contributed by atoms with Crippen molar-refractivity contribution < 1.29 is 4.42 Å². The molecule has 5 nitrogen and oxygen atoms in total. The lowest BCUT2D eigenvalue weighted by Crippen LogP contribution is -2.20. The molecule has 122 valence electrons. The van der Waals surface area contributed by atoms with Gasteiger partial charge in [-0.15, -0.1) is 0 Å². The minimum atomic E-state index is -0.247. The summed E-state index contributed by atoms with van der Waals surface area (Å²) >= 11 is 3.42. The number of para-hydroxylation sites is 1. The second-order valence-electron chi connectivity index (χ2n) is 5.35. The molecule has 4 aromatic rings. The minimum absolute atomic E-state index is 0.247. The predicted molar refractivity (Wildman–Crippen MR) is 101 cm³/mol. The highest BCUT2D eigenvalue weighted by Gasteiger charge is 2.14. The van der Waals surface area contributed by atoms with Gasteiger partial charge in [0.25, 0.3) is 5.56 Å². The highest BCUT2D eigenvalue weighted by Crippen LogP contribution is 2.19. The minimum Gasteiger partial charge on any atom is -0.461 e. The molecule has 0 unspecified atom stereocenters. The molecule has 0 fully saturated rings. The third-order valence-corrected chi connectivity index (χ3v) is 4.16. The molecule has 0 aliphatic carbocycles. The van der Waals surface area contributed by atoms with E-state index in [0.717, 1.165) is 10.0 Å². The van der Waals surface area contributed by atoms with Crippen LogP contribution in [-0.2, 0) is 0 Å². The second-order valence-corrected chi connectivity index (χ2v) is 6.26. The average Bonchev–Trinajstić information content (AvgIpc) is 3.15. The Morgan fingerprint density at radius 1 is 1.08 bits per heavy atom. The van der Waals surface area contributed by atoms with Crippen molar-refractivity contribution in [2.45, 2.75) is 0 Å². The molecule has 2 aromatic carbocycles. The van der Waals surface area contributed by atoms with Crippen molar-refractivity contribution >= 4 is 33.0 Å². The predicted octanol–water partition coefficient (Wildman–Crippen LogP) is 4.30. The first-order valence-corrected chi connectivity index (χ1v) is 8.37. The van der Waals surface area contributed by atoms with Gasteiger partial charge in [0.15, 0.2) is 5.76 Å². The van der Waals surface area contributed by atoms with Gasteiger partial charge in [0.2, 0.25) is 5.82 Å². The number of rotatable bonds is 3. The molecule has 2 aromatic heterocycles. The SMILES string of the molecule is O=c1c2ccccc2nc(-c2ccco2)n1/N=C/c1cccc(Br)c1. The third kappa shape index (κ3) is 3.04. The number of furan rings is 1. The fourth-order valence-electron chi connectivity index (χ4n) is 2.51. The van der Waals surface area contributed by atoms with Crippen LogP contribution in [0.4, 0.5) is 0 Å². The first-order chi connectivity index (χ1) is 12.2. The Hall–Kier alpha value is -2.99. The third-order valence-electron chi connectivity index (χ3n) is 3.67. The zero-order chi connectivity index (χ0) is 17.2. The number of fused-ring (bicyclic) bond motifs is 1. The number of hydrogen-bond donors (Lipinski definition) is 0. The summed E-state index contributed by atoms with van der Waals surface area (Å²) in [6, 6.07) is 18.3. The first-order valence-electron chi connectivity index (χ1n) is 7.58. The van der Waals surface area contributed by atoms with E-state index in [1.807, 2.05) is 30.3 Å². The van der Waals surface area contributed by atoms with Crippen LogP contribution < -0.4 is 5.56 Å². The lowest BCUT2D eigenvalue weighted by Gasteiger charge is -2.07. The van der Waals surface area contributed by atoms with Crippen LogP contribution in [-0.4, -0.2) is 15.9 Å². The fourth-order valence-corrected chi connectivity index (χ4v) is 2.92. The summed E-state index contributed by atoms with van der Waals surface area (Å²) in [5.74, 6) is 0.842. The Kier molecular flexibility index (Phi) is 4.03. The molecule has 4 rings (SSSR count). The van der Waals surface area contributed by atoms with E-state index < -0.39 is 0 Å². The van der Waals surface area contributed by atoms with Gasteiger partial charge in [-0.3, -0.25) is 4.79 Å². The van der Waals surface area contributed by atoms with Gasteiger partial charge in [-0.25, -0.2) is 4.98 Å². The Balaban J connectivity index is 1.93. The van der Waals surface area contributed by atoms with Gasteiger partial charge in [-0.2, -0.15) is 9.78 Å². The lowest BCUT2D eigenvalue weighted by molar-refractivity contribution is 0.571. The summed E-state index contributed by atoms with van der Waals surface area (Å²) in [4.78, 5) is 17.4. The number of benzene rings is 2. The molecule has 0 amide bonds. The van der Waals surface area contributed by atoms with E-state index in [4.69, 9.17) is 4.42 Å². The van der Waals surface area contributed by atoms with Crippen LogP contribution >= 0.6 is 15.9 Å². The molecule has 0 saturated carbocycles. The van der Waals surface area contributed by atoms with E-state index in [9.17, 15) is 4.79 Å². The van der Waals surface area contributed by atoms with E-state index in [-0.39, 0.29) is 5.56 Å². The molecule has 0 bridgehead atoms. The molecule has 0 aliphatic heterocycles. The van der Waals surface area contributed by atoms with Gasteiger partial charge >= 0.3 is 0 Å². The summed E-state index contributed by atoms with van der Waals surface area (Å²) in [6.07, 6.45) is 3.16. The molecule has 0 spiro atoms. The van der Waals surface area contributed by atoms with Crippen LogP contribution in [0.5, 0.6) is 0 Å². The summed E-state index contributed by atoms with van der Waals surface area (Å²) in [7, 11) is 0. The van der Waals surface area contributed by atoms with E-state index >= 15 is 0 Å². The Morgan fingerprint density at radius 3 is 2.76 bits per heavy atom. The number of nitrogens with zero attached hydrogens (tertiary/aromatic N) is 3. The van der Waals surface area contributed by atoms with Gasteiger partial charge < -0.3 is 4.42 Å². The number of aromatic nitrogens is 2. The van der Waals surface area contributed by atoms with Gasteiger partial charge in [0, 0.05) is 4.47 Å². The number of hydrogen-bond acceptors (Lipinski definition) is 4. The molecule has 0 atom stereocenters. The lowest BCUT2D eigenvalue weighted by atomic mass is 10.2. The van der Waals surface area contributed by atoms with Crippen LogP contribution in [0.15, 0.2) is 85.7 Å². The van der Waals surface area contributed by atoms with Crippen LogP contribution in [0.1, 0.15) is 5.56 Å². The Bertz CT molecular complexity index is 1130. The van der Waals surface area contributed by atoms with E-state index in [1.54, 1.807) is 42.8 Å². The second kappa shape index (κ2) is 6.49. The van der Waals surface area contributed by atoms with Crippen LogP contribution in [0, 0.1) is 0 Å². The maximum absolute atomic E-state index is 12.9. The monoisotopic (exact) mass is 393 g/mol. The van der Waals surface area contributed by atoms with Crippen molar-refractivity contribution in [1.82, 2.24) is 9.66 Å². The largest absolute Gasteiger partial charge is 0.461 e. The molecule has 25 heavy (non-hydrogen) atoms. The summed E-state index contributed by atoms with van der Waals surface area (Å²) in [6.45, 7) is 0. The fraction of sp³-hybridized carbons (Fsp3) is 0. The van der Waals surface area contributed by atoms with Gasteiger partial charge in [0.05, 0.1) is 23.4 Å². The van der Waals surface area contributed by atoms with Crippen molar-refractivity contribution in [1.29, 1.82) is 0 Å². The molecule has 0 saturated heterocycles. The van der Waals surface area contributed by atoms with Gasteiger partial charge in [-0.05, 0) is 42.0 Å². The van der Waals surface area contributed by atoms with Crippen molar-refractivity contribution in [2.75, 3.05) is 0 Å². The maximum atomic E-state index is 12.9. The molecule has 0 radical (unpaired) electrons. The van der Waals surface area contributed by atoms with E-state index in [0.29, 0.717) is 22.5 Å². The summed E-state index contributed by atoms with van der Waals surface area (Å²) < 4.78 is 7.63. The zero-order valence-electron chi connectivity index (χ0n) is 13.0. The number of halogens is 1. The quantitative estimate of drug-likeness (QED) is 0.487. The molecule has 2 heterocycles. The van der Waals surface area contributed by atoms with Gasteiger partial charge in [-0.1, -0.05) is 40.2 Å². The Morgan fingerprint density at radius 2 is 1.96 bits per heavy atom. The van der Waals surface area contributed by atoms with Crippen LogP contribution in [0.3, 0.4) is 0 Å². The van der Waals surface area contributed by atoms with E-state index in [1.165, 1.54) is 4.68 Å². The standard InChI is InChI=1S/C19H12BrN3O2/c20-14-6-3-5-13(11-14)12-21-23-18(17-9-4-10-25-17)22-16-8-2-1-7-15(16)19(23)24/h1-12H/b21-12+. The Labute approximate surface area is 151 Å². The van der Waals surface area contributed by atoms with E-state index in [2.05, 4.69) is 26.0 Å². The smallest absolute Gasteiger partial charge is 0.282 e. The highest BCUT2D eigenvalue weighted by atomic mass is 79.9. The zero-order valence-corrected chi connectivity index (χ0v) is 14.6. The van der Waals surface area contributed by atoms with Crippen molar-refractivity contribution in [3.63, 3.8) is 0 Å². The maximum Gasteiger partial charge on any atom is 0.282 e. The molecule has 0 N–H and O–H groups in total.